The molecule has 36 heavy (non-hydrogen) atoms. The van der Waals surface area contributed by atoms with Crippen LogP contribution in [0.25, 0.3) is 5.76 Å². The number of likely N-dealkylation sites (tertiary alicyclic amines) is 1. The van der Waals surface area contributed by atoms with Crippen LogP contribution >= 0.6 is 0 Å². The zero-order chi connectivity index (χ0) is 26.4. The molecule has 2 aromatic rings. The van der Waals surface area contributed by atoms with Crippen molar-refractivity contribution in [3.05, 3.63) is 77.1 Å². The molecule has 1 heterocycles. The van der Waals surface area contributed by atoms with Crippen molar-refractivity contribution in [3.63, 3.8) is 0 Å². The molecule has 2 aliphatic rings. The zero-order valence-electron chi connectivity index (χ0n) is 18.7. The highest BCUT2D eigenvalue weighted by Crippen LogP contribution is 2.48. The van der Waals surface area contributed by atoms with Crippen LogP contribution in [0.3, 0.4) is 0 Å². The van der Waals surface area contributed by atoms with Gasteiger partial charge < -0.3 is 14.7 Å². The number of ether oxygens (including phenoxy) is 1. The average Bonchev–Trinajstić information content (AvgIpc) is 3.23. The number of alkyl halides is 6. The molecular weight excluding hydrogens is 495 g/mol. The second-order valence-electron chi connectivity index (χ2n) is 9.14. The molecule has 0 bridgehead atoms. The fourth-order valence-electron chi connectivity index (χ4n) is 5.24. The summed E-state index contributed by atoms with van der Waals surface area (Å²) in [7, 11) is 0. The van der Waals surface area contributed by atoms with Gasteiger partial charge in [-0.05, 0) is 60.6 Å². The number of benzene rings is 2. The molecule has 1 aliphatic heterocycles. The van der Waals surface area contributed by atoms with Crippen molar-refractivity contribution in [2.75, 3.05) is 13.1 Å². The van der Waals surface area contributed by atoms with Gasteiger partial charge in [0.15, 0.2) is 0 Å². The monoisotopic (exact) mass is 517 g/mol. The smallest absolute Gasteiger partial charge is 0.416 e. The van der Waals surface area contributed by atoms with Gasteiger partial charge in [0.25, 0.3) is 0 Å². The molecular formula is C25H22F7NO3. The molecule has 0 unspecified atom stereocenters. The van der Waals surface area contributed by atoms with Crippen molar-refractivity contribution >= 4 is 11.9 Å². The Balaban J connectivity index is 1.67. The summed E-state index contributed by atoms with van der Waals surface area (Å²) in [5.41, 5.74) is -2.79. The lowest BCUT2D eigenvalue weighted by atomic mass is 9.69. The van der Waals surface area contributed by atoms with Crippen molar-refractivity contribution in [1.82, 2.24) is 4.90 Å². The van der Waals surface area contributed by atoms with Gasteiger partial charge in [-0.15, -0.1) is 0 Å². The van der Waals surface area contributed by atoms with Crippen LogP contribution in [-0.2, 0) is 17.1 Å². The maximum Gasteiger partial charge on any atom is 0.416 e. The van der Waals surface area contributed by atoms with E-state index in [0.29, 0.717) is 37.1 Å². The first-order chi connectivity index (χ1) is 16.7. The zero-order valence-corrected chi connectivity index (χ0v) is 18.7. The van der Waals surface area contributed by atoms with E-state index in [1.165, 1.54) is 29.2 Å². The SMILES string of the molecule is C=C(O[C@@H]1CC[C@@H]2CN(C(=O)O)C[C@@H]2[C@H]1c1ccc(F)cc1)c1cc(C(F)(F)F)cc(C(F)(F)F)c1. The fourth-order valence-corrected chi connectivity index (χ4v) is 5.24. The summed E-state index contributed by atoms with van der Waals surface area (Å²) in [6.07, 6.45) is -10.9. The molecule has 1 saturated heterocycles. The maximum atomic E-state index is 13.6. The number of halogens is 7. The topological polar surface area (TPSA) is 49.8 Å². The van der Waals surface area contributed by atoms with Gasteiger partial charge >= 0.3 is 18.4 Å². The van der Waals surface area contributed by atoms with E-state index in [9.17, 15) is 40.6 Å². The van der Waals surface area contributed by atoms with Crippen LogP contribution in [-0.4, -0.2) is 35.3 Å². The summed E-state index contributed by atoms with van der Waals surface area (Å²) in [4.78, 5) is 12.8. The summed E-state index contributed by atoms with van der Waals surface area (Å²) in [6, 6.07) is 6.65. The van der Waals surface area contributed by atoms with E-state index >= 15 is 0 Å². The largest absolute Gasteiger partial charge is 0.490 e. The van der Waals surface area contributed by atoms with E-state index in [1.54, 1.807) is 0 Å². The Hall–Kier alpha value is -3.24. The fraction of sp³-hybridized carbons (Fsp3) is 0.400. The number of carbonyl (C=O) groups is 1. The average molecular weight is 517 g/mol. The molecule has 1 amide bonds. The Labute approximate surface area is 202 Å². The molecule has 11 heteroatoms. The Morgan fingerprint density at radius 1 is 0.944 bits per heavy atom. The molecule has 2 fully saturated rings. The third kappa shape index (κ3) is 5.29. The molecule has 194 valence electrons. The number of carboxylic acid groups (broad SMARTS) is 1. The number of fused-ring (bicyclic) bond motifs is 1. The predicted molar refractivity (Wildman–Crippen MR) is 115 cm³/mol. The number of amides is 1. The summed E-state index contributed by atoms with van der Waals surface area (Å²) in [5, 5.41) is 9.44. The van der Waals surface area contributed by atoms with Gasteiger partial charge in [-0.1, -0.05) is 18.7 Å². The number of nitrogens with zero attached hydrogens (tertiary/aromatic N) is 1. The summed E-state index contributed by atoms with van der Waals surface area (Å²) in [5.74, 6) is -1.58. The Kier molecular flexibility index (Phi) is 6.70. The predicted octanol–water partition coefficient (Wildman–Crippen LogP) is 7.02. The van der Waals surface area contributed by atoms with Crippen LogP contribution < -0.4 is 0 Å². The highest BCUT2D eigenvalue weighted by molar-refractivity contribution is 5.65. The summed E-state index contributed by atoms with van der Waals surface area (Å²) in [6.45, 7) is 4.09. The number of hydrogen-bond acceptors (Lipinski definition) is 2. The molecule has 0 spiro atoms. The second kappa shape index (κ2) is 9.33. The molecule has 1 saturated carbocycles. The quantitative estimate of drug-likeness (QED) is 0.350. The van der Waals surface area contributed by atoms with Crippen molar-refractivity contribution in [2.24, 2.45) is 11.8 Å². The van der Waals surface area contributed by atoms with Gasteiger partial charge in [-0.3, -0.25) is 0 Å². The number of rotatable bonds is 4. The van der Waals surface area contributed by atoms with Crippen LogP contribution in [0.2, 0.25) is 0 Å². The maximum absolute atomic E-state index is 13.6. The molecule has 4 rings (SSSR count). The standard InChI is InChI=1S/C25H22F7NO3/c1-13(16-8-17(24(27,28)29)10-18(9-16)25(30,31)32)36-21-7-4-15-11-33(23(34)35)12-20(15)22(21)14-2-5-19(26)6-3-14/h2-3,5-6,8-10,15,20-22H,1,4,7,11-12H2,(H,34,35)/t15-,20+,21-,22-/m1/s1. The summed E-state index contributed by atoms with van der Waals surface area (Å²) >= 11 is 0. The molecule has 2 aromatic carbocycles. The van der Waals surface area contributed by atoms with Crippen LogP contribution in [0, 0.1) is 17.7 Å². The van der Waals surface area contributed by atoms with E-state index in [4.69, 9.17) is 4.74 Å². The van der Waals surface area contributed by atoms with Crippen molar-refractivity contribution in [1.29, 1.82) is 0 Å². The Morgan fingerprint density at radius 3 is 2.06 bits per heavy atom. The van der Waals surface area contributed by atoms with Gasteiger partial charge in [0.2, 0.25) is 0 Å². The van der Waals surface area contributed by atoms with E-state index in [1.807, 2.05) is 0 Å². The molecule has 1 aliphatic carbocycles. The lowest BCUT2D eigenvalue weighted by molar-refractivity contribution is -0.143. The van der Waals surface area contributed by atoms with Crippen LogP contribution in [0.5, 0.6) is 0 Å². The Bertz CT molecular complexity index is 1110. The van der Waals surface area contributed by atoms with Gasteiger partial charge in [0.1, 0.15) is 17.7 Å². The van der Waals surface area contributed by atoms with Gasteiger partial charge in [-0.2, -0.15) is 26.3 Å². The Morgan fingerprint density at radius 2 is 1.53 bits per heavy atom. The lowest BCUT2D eigenvalue weighted by Crippen LogP contribution is -2.37. The normalized spacial score (nSPS) is 24.4. The molecule has 4 atom stereocenters. The first-order valence-corrected chi connectivity index (χ1v) is 11.1. The minimum Gasteiger partial charge on any atom is -0.490 e. The number of hydrogen-bond donors (Lipinski definition) is 1. The van der Waals surface area contributed by atoms with Crippen LogP contribution in [0.4, 0.5) is 35.5 Å². The minimum atomic E-state index is -5.02. The van der Waals surface area contributed by atoms with Crippen molar-refractivity contribution < 1.29 is 45.4 Å². The van der Waals surface area contributed by atoms with Gasteiger partial charge in [-0.25, -0.2) is 9.18 Å². The minimum absolute atomic E-state index is 0.0188. The van der Waals surface area contributed by atoms with E-state index in [2.05, 4.69) is 6.58 Å². The molecule has 4 nitrogen and oxygen atoms in total. The van der Waals surface area contributed by atoms with Gasteiger partial charge in [0, 0.05) is 24.6 Å². The van der Waals surface area contributed by atoms with E-state index < -0.39 is 53.0 Å². The first-order valence-electron chi connectivity index (χ1n) is 11.1. The lowest BCUT2D eigenvalue weighted by Gasteiger charge is -2.40. The molecule has 0 aromatic heterocycles. The summed E-state index contributed by atoms with van der Waals surface area (Å²) < 4.78 is 99.3. The second-order valence-corrected chi connectivity index (χ2v) is 9.14. The molecule has 1 N–H and O–H groups in total. The van der Waals surface area contributed by atoms with Crippen LogP contribution in [0.1, 0.15) is 41.0 Å². The van der Waals surface area contributed by atoms with E-state index in [-0.39, 0.29) is 30.2 Å². The van der Waals surface area contributed by atoms with Crippen LogP contribution in [0.15, 0.2) is 49.0 Å². The first kappa shape index (κ1) is 25.8. The highest BCUT2D eigenvalue weighted by Gasteiger charge is 2.47. The van der Waals surface area contributed by atoms with Gasteiger partial charge in [0.05, 0.1) is 11.1 Å². The third-order valence-electron chi connectivity index (χ3n) is 6.90. The van der Waals surface area contributed by atoms with E-state index in [0.717, 1.165) is 0 Å². The highest BCUT2D eigenvalue weighted by atomic mass is 19.4. The molecule has 0 radical (unpaired) electrons. The third-order valence-corrected chi connectivity index (χ3v) is 6.90. The van der Waals surface area contributed by atoms with Crippen molar-refractivity contribution in [2.45, 2.75) is 37.2 Å². The van der Waals surface area contributed by atoms with Crippen molar-refractivity contribution in [3.8, 4) is 0 Å².